The van der Waals surface area contributed by atoms with Crippen molar-refractivity contribution in [2.75, 3.05) is 24.5 Å². The molecule has 1 aliphatic rings. The van der Waals surface area contributed by atoms with Gasteiger partial charge in [0.1, 0.15) is 5.82 Å². The molecule has 28 heavy (non-hydrogen) atoms. The van der Waals surface area contributed by atoms with E-state index >= 15 is 0 Å². The number of carbonyl (C=O) groups is 1. The molecule has 2 heterocycles. The van der Waals surface area contributed by atoms with Crippen molar-refractivity contribution in [3.8, 4) is 11.5 Å². The van der Waals surface area contributed by atoms with E-state index in [0.29, 0.717) is 23.9 Å². The third-order valence-corrected chi connectivity index (χ3v) is 4.12. The number of rotatable bonds is 6. The first-order chi connectivity index (χ1) is 13.7. The smallest absolute Gasteiger partial charge is 0.337 e. The predicted octanol–water partition coefficient (Wildman–Crippen LogP) is 3.35. The Labute approximate surface area is 161 Å². The lowest BCUT2D eigenvalue weighted by Crippen LogP contribution is -2.05. The summed E-state index contributed by atoms with van der Waals surface area (Å²) in [6, 6.07) is 14.5. The summed E-state index contributed by atoms with van der Waals surface area (Å²) in [4.78, 5) is 20.2. The maximum absolute atomic E-state index is 11.5. The molecule has 0 saturated carbocycles. The van der Waals surface area contributed by atoms with Crippen molar-refractivity contribution in [3.63, 3.8) is 0 Å². The maximum Gasteiger partial charge on any atom is 0.337 e. The minimum Gasteiger partial charge on any atom is -0.465 e. The van der Waals surface area contributed by atoms with Gasteiger partial charge in [-0.3, -0.25) is 0 Å². The molecule has 0 unspecified atom stereocenters. The van der Waals surface area contributed by atoms with Crippen molar-refractivity contribution in [1.82, 2.24) is 9.97 Å². The van der Waals surface area contributed by atoms with Gasteiger partial charge in [-0.1, -0.05) is 6.07 Å². The minimum absolute atomic E-state index is 0.254. The van der Waals surface area contributed by atoms with E-state index in [1.54, 1.807) is 36.5 Å². The Morgan fingerprint density at radius 3 is 2.75 bits per heavy atom. The van der Waals surface area contributed by atoms with Crippen molar-refractivity contribution < 1.29 is 19.0 Å². The molecule has 0 spiro atoms. The van der Waals surface area contributed by atoms with Crippen LogP contribution in [0.5, 0.6) is 11.5 Å². The Bertz CT molecular complexity index is 992. The molecule has 0 atom stereocenters. The molecule has 0 aliphatic carbocycles. The van der Waals surface area contributed by atoms with Gasteiger partial charge in [-0.15, -0.1) is 0 Å². The number of ether oxygens (including phenoxy) is 3. The summed E-state index contributed by atoms with van der Waals surface area (Å²) < 4.78 is 15.4. The Kier molecular flexibility index (Phi) is 4.92. The molecule has 8 heteroatoms. The third kappa shape index (κ3) is 3.96. The van der Waals surface area contributed by atoms with Gasteiger partial charge in [0.2, 0.25) is 12.7 Å². The molecule has 0 amide bonds. The summed E-state index contributed by atoms with van der Waals surface area (Å²) in [5, 5.41) is 6.37. The highest BCUT2D eigenvalue weighted by atomic mass is 16.7. The zero-order valence-corrected chi connectivity index (χ0v) is 15.1. The number of anilines is 3. The second-order valence-electron chi connectivity index (χ2n) is 6.00. The average Bonchev–Trinajstić information content (AvgIpc) is 3.20. The van der Waals surface area contributed by atoms with Crippen LogP contribution in [0.15, 0.2) is 54.7 Å². The highest BCUT2D eigenvalue weighted by molar-refractivity contribution is 5.89. The van der Waals surface area contributed by atoms with Gasteiger partial charge >= 0.3 is 5.97 Å². The van der Waals surface area contributed by atoms with Crippen molar-refractivity contribution in [1.29, 1.82) is 0 Å². The summed E-state index contributed by atoms with van der Waals surface area (Å²) >= 11 is 0. The molecular weight excluding hydrogens is 360 g/mol. The van der Waals surface area contributed by atoms with Crippen LogP contribution < -0.4 is 20.1 Å². The number of hydrogen-bond donors (Lipinski definition) is 2. The molecule has 2 N–H and O–H groups in total. The lowest BCUT2D eigenvalue weighted by atomic mass is 10.2. The van der Waals surface area contributed by atoms with Crippen LogP contribution in [-0.2, 0) is 11.3 Å². The van der Waals surface area contributed by atoms with Crippen LogP contribution in [0, 0.1) is 0 Å². The van der Waals surface area contributed by atoms with Gasteiger partial charge in [-0.25, -0.2) is 9.78 Å². The molecule has 2 aromatic carbocycles. The quantitative estimate of drug-likeness (QED) is 0.631. The topological polar surface area (TPSA) is 94.6 Å². The highest BCUT2D eigenvalue weighted by Crippen LogP contribution is 2.32. The summed E-state index contributed by atoms with van der Waals surface area (Å²) in [5.74, 6) is 2.25. The van der Waals surface area contributed by atoms with Gasteiger partial charge < -0.3 is 24.8 Å². The van der Waals surface area contributed by atoms with Crippen LogP contribution in [0.4, 0.5) is 17.5 Å². The number of hydrogen-bond acceptors (Lipinski definition) is 8. The van der Waals surface area contributed by atoms with Gasteiger partial charge in [0.25, 0.3) is 0 Å². The summed E-state index contributed by atoms with van der Waals surface area (Å²) in [5.41, 5.74) is 2.32. The fourth-order valence-corrected chi connectivity index (χ4v) is 2.70. The largest absolute Gasteiger partial charge is 0.465 e. The fraction of sp³-hybridized carbons (Fsp3) is 0.150. The van der Waals surface area contributed by atoms with Crippen LogP contribution >= 0.6 is 0 Å². The van der Waals surface area contributed by atoms with E-state index in [1.807, 2.05) is 18.2 Å². The normalized spacial score (nSPS) is 11.8. The molecule has 3 aromatic rings. The van der Waals surface area contributed by atoms with E-state index in [1.165, 1.54) is 7.11 Å². The Morgan fingerprint density at radius 2 is 1.93 bits per heavy atom. The fourth-order valence-electron chi connectivity index (χ4n) is 2.70. The molecule has 0 radical (unpaired) electrons. The second-order valence-corrected chi connectivity index (χ2v) is 6.00. The SMILES string of the molecule is COC(=O)c1ccc(Nc2ccnc(NCc3ccc4c(c3)OCO4)n2)cc1. The molecule has 142 valence electrons. The molecule has 0 fully saturated rings. The molecule has 1 aliphatic heterocycles. The van der Waals surface area contributed by atoms with E-state index in [0.717, 1.165) is 22.7 Å². The molecule has 4 rings (SSSR count). The Balaban J connectivity index is 1.39. The summed E-state index contributed by atoms with van der Waals surface area (Å²) in [6.45, 7) is 0.803. The Morgan fingerprint density at radius 1 is 1.11 bits per heavy atom. The van der Waals surface area contributed by atoms with Gasteiger partial charge in [0, 0.05) is 18.4 Å². The van der Waals surface area contributed by atoms with E-state index < -0.39 is 0 Å². The van der Waals surface area contributed by atoms with Gasteiger partial charge in [-0.05, 0) is 48.0 Å². The Hall–Kier alpha value is -3.81. The highest BCUT2D eigenvalue weighted by Gasteiger charge is 2.13. The van der Waals surface area contributed by atoms with E-state index in [2.05, 4.69) is 20.6 Å². The van der Waals surface area contributed by atoms with Gasteiger partial charge in [0.05, 0.1) is 12.7 Å². The molecular formula is C20H18N4O4. The van der Waals surface area contributed by atoms with Crippen molar-refractivity contribution in [2.45, 2.75) is 6.54 Å². The van der Waals surface area contributed by atoms with Crippen LogP contribution in [0.1, 0.15) is 15.9 Å². The number of benzene rings is 2. The van der Waals surface area contributed by atoms with E-state index in [4.69, 9.17) is 14.2 Å². The van der Waals surface area contributed by atoms with Crippen molar-refractivity contribution >= 4 is 23.4 Å². The summed E-state index contributed by atoms with van der Waals surface area (Å²) in [6.07, 6.45) is 1.67. The lowest BCUT2D eigenvalue weighted by molar-refractivity contribution is 0.0601. The summed E-state index contributed by atoms with van der Waals surface area (Å²) in [7, 11) is 1.35. The number of methoxy groups -OCH3 is 1. The van der Waals surface area contributed by atoms with Crippen molar-refractivity contribution in [3.05, 3.63) is 65.9 Å². The first-order valence-corrected chi connectivity index (χ1v) is 8.62. The average molecular weight is 378 g/mol. The molecule has 0 saturated heterocycles. The van der Waals surface area contributed by atoms with Crippen LogP contribution in [0.25, 0.3) is 0 Å². The minimum atomic E-state index is -0.372. The zero-order valence-electron chi connectivity index (χ0n) is 15.1. The zero-order chi connectivity index (χ0) is 19.3. The molecule has 1 aromatic heterocycles. The van der Waals surface area contributed by atoms with E-state index in [9.17, 15) is 4.79 Å². The number of nitrogens with zero attached hydrogens (tertiary/aromatic N) is 2. The van der Waals surface area contributed by atoms with Crippen LogP contribution in [-0.4, -0.2) is 29.8 Å². The predicted molar refractivity (Wildman–Crippen MR) is 103 cm³/mol. The van der Waals surface area contributed by atoms with Crippen molar-refractivity contribution in [2.24, 2.45) is 0 Å². The molecule has 8 nitrogen and oxygen atoms in total. The van der Waals surface area contributed by atoms with E-state index in [-0.39, 0.29) is 12.8 Å². The van der Waals surface area contributed by atoms with Crippen LogP contribution in [0.2, 0.25) is 0 Å². The third-order valence-electron chi connectivity index (χ3n) is 4.12. The standard InChI is InChI=1S/C20H18N4O4/c1-26-19(25)14-3-5-15(6-4-14)23-18-8-9-21-20(24-18)22-11-13-2-7-16-17(10-13)28-12-27-16/h2-10H,11-12H2,1H3,(H2,21,22,23,24). The number of nitrogens with one attached hydrogen (secondary N) is 2. The second kappa shape index (κ2) is 7.83. The number of aromatic nitrogens is 2. The molecule has 0 bridgehead atoms. The monoisotopic (exact) mass is 378 g/mol. The van der Waals surface area contributed by atoms with Gasteiger partial charge in [-0.2, -0.15) is 4.98 Å². The lowest BCUT2D eigenvalue weighted by Gasteiger charge is -2.09. The first-order valence-electron chi connectivity index (χ1n) is 8.62. The first kappa shape index (κ1) is 17.6. The maximum atomic E-state index is 11.5. The number of esters is 1. The number of carbonyl (C=O) groups excluding carboxylic acids is 1. The van der Waals surface area contributed by atoms with Gasteiger partial charge in [0.15, 0.2) is 11.5 Å². The van der Waals surface area contributed by atoms with Crippen LogP contribution in [0.3, 0.4) is 0 Å². The number of fused-ring (bicyclic) bond motifs is 1.